The molecule has 0 radical (unpaired) electrons. The number of anilines is 1. The molecule has 1 amide bonds. The number of nitrogens with zero attached hydrogens (tertiary/aromatic N) is 3. The first kappa shape index (κ1) is 13.7. The van der Waals surface area contributed by atoms with Gasteiger partial charge in [-0.25, -0.2) is 4.68 Å². The van der Waals surface area contributed by atoms with Gasteiger partial charge in [0.15, 0.2) is 0 Å². The minimum absolute atomic E-state index is 0.00167. The maximum Gasteiger partial charge on any atom is 0.226 e. The molecule has 1 aromatic heterocycles. The van der Waals surface area contributed by atoms with Gasteiger partial charge < -0.3 is 15.3 Å². The van der Waals surface area contributed by atoms with Gasteiger partial charge in [0.05, 0.1) is 18.8 Å². The Labute approximate surface area is 101 Å². The zero-order valence-corrected chi connectivity index (χ0v) is 10.6. The third-order valence-corrected chi connectivity index (χ3v) is 2.27. The molecule has 6 nitrogen and oxygen atoms in total. The molecule has 0 aliphatic heterocycles. The lowest BCUT2D eigenvalue weighted by Crippen LogP contribution is -2.22. The summed E-state index contributed by atoms with van der Waals surface area (Å²) >= 11 is 0. The largest absolute Gasteiger partial charge is 0.394 e. The topological polar surface area (TPSA) is 70.4 Å². The zero-order chi connectivity index (χ0) is 12.8. The van der Waals surface area contributed by atoms with E-state index in [1.54, 1.807) is 10.7 Å². The Bertz CT molecular complexity index is 374. The fraction of sp³-hybridized carbons (Fsp3) is 0.636. The molecule has 0 fully saturated rings. The molecule has 0 aliphatic carbocycles. The summed E-state index contributed by atoms with van der Waals surface area (Å²) in [5.74, 6) is 0.595. The molecule has 0 aromatic carbocycles. The summed E-state index contributed by atoms with van der Waals surface area (Å²) in [5.41, 5.74) is 0.821. The van der Waals surface area contributed by atoms with Crippen LogP contribution in [0.2, 0.25) is 0 Å². The maximum absolute atomic E-state index is 11.6. The minimum atomic E-state index is -0.0437. The second-order valence-electron chi connectivity index (χ2n) is 4.22. The molecule has 1 aromatic rings. The molecular formula is C11H20N4O2. The van der Waals surface area contributed by atoms with Gasteiger partial charge in [0.2, 0.25) is 5.91 Å². The van der Waals surface area contributed by atoms with Gasteiger partial charge >= 0.3 is 0 Å². The Morgan fingerprint density at radius 1 is 1.59 bits per heavy atom. The van der Waals surface area contributed by atoms with Crippen LogP contribution in [0.15, 0.2) is 6.07 Å². The van der Waals surface area contributed by atoms with Gasteiger partial charge in [-0.1, -0.05) is 0 Å². The van der Waals surface area contributed by atoms with E-state index in [4.69, 9.17) is 5.11 Å². The first-order valence-corrected chi connectivity index (χ1v) is 5.63. The average Bonchev–Trinajstić information content (AvgIpc) is 2.57. The molecule has 0 saturated carbocycles. The standard InChI is InChI=1S/C11H20N4O2/c1-9-8-10(15(13-9)6-7-16)12-11(17)4-5-14(2)3/h8,16H,4-7H2,1-3H3,(H,12,17). The number of aliphatic hydroxyl groups excluding tert-OH is 1. The molecular weight excluding hydrogens is 220 g/mol. The second-order valence-corrected chi connectivity index (χ2v) is 4.22. The Kier molecular flexibility index (Phi) is 5.11. The van der Waals surface area contributed by atoms with E-state index in [0.717, 1.165) is 5.69 Å². The van der Waals surface area contributed by atoms with Crippen molar-refractivity contribution in [2.75, 3.05) is 32.6 Å². The number of rotatable bonds is 6. The van der Waals surface area contributed by atoms with Crippen LogP contribution >= 0.6 is 0 Å². The fourth-order valence-electron chi connectivity index (χ4n) is 1.44. The van der Waals surface area contributed by atoms with Crippen LogP contribution in [-0.4, -0.2) is 52.9 Å². The van der Waals surface area contributed by atoms with E-state index in [1.165, 1.54) is 0 Å². The molecule has 0 aliphatic rings. The number of carbonyl (C=O) groups is 1. The van der Waals surface area contributed by atoms with Crippen LogP contribution in [0.4, 0.5) is 5.82 Å². The maximum atomic E-state index is 11.6. The van der Waals surface area contributed by atoms with Crippen LogP contribution in [-0.2, 0) is 11.3 Å². The van der Waals surface area contributed by atoms with E-state index in [-0.39, 0.29) is 12.5 Å². The van der Waals surface area contributed by atoms with Crippen molar-refractivity contribution in [3.8, 4) is 0 Å². The highest BCUT2D eigenvalue weighted by molar-refractivity contribution is 5.90. The normalized spacial score (nSPS) is 10.9. The summed E-state index contributed by atoms with van der Waals surface area (Å²) in [6.07, 6.45) is 0.441. The summed E-state index contributed by atoms with van der Waals surface area (Å²) in [7, 11) is 3.85. The van der Waals surface area contributed by atoms with E-state index < -0.39 is 0 Å². The van der Waals surface area contributed by atoms with Gasteiger partial charge in [-0.3, -0.25) is 4.79 Å². The number of nitrogens with one attached hydrogen (secondary N) is 1. The van der Waals surface area contributed by atoms with Crippen molar-refractivity contribution < 1.29 is 9.90 Å². The molecule has 1 rings (SSSR count). The lowest BCUT2D eigenvalue weighted by molar-refractivity contribution is -0.116. The predicted molar refractivity (Wildman–Crippen MR) is 65.9 cm³/mol. The van der Waals surface area contributed by atoms with E-state index in [9.17, 15) is 4.79 Å². The Hall–Kier alpha value is -1.40. The summed E-state index contributed by atoms with van der Waals surface area (Å²) in [6.45, 7) is 2.95. The number of carbonyl (C=O) groups excluding carboxylic acids is 1. The molecule has 2 N–H and O–H groups in total. The van der Waals surface area contributed by atoms with Gasteiger partial charge in [0.25, 0.3) is 0 Å². The van der Waals surface area contributed by atoms with E-state index >= 15 is 0 Å². The van der Waals surface area contributed by atoms with Crippen molar-refractivity contribution >= 4 is 11.7 Å². The van der Waals surface area contributed by atoms with Gasteiger partial charge in [-0.05, 0) is 21.0 Å². The molecule has 96 valence electrons. The van der Waals surface area contributed by atoms with E-state index in [1.807, 2.05) is 25.9 Å². The first-order chi connectivity index (χ1) is 8.02. The highest BCUT2D eigenvalue weighted by atomic mass is 16.3. The lowest BCUT2D eigenvalue weighted by atomic mass is 10.3. The van der Waals surface area contributed by atoms with Crippen LogP contribution in [0.5, 0.6) is 0 Å². The molecule has 0 bridgehead atoms. The smallest absolute Gasteiger partial charge is 0.226 e. The number of aromatic nitrogens is 2. The number of aryl methyl sites for hydroxylation is 1. The molecule has 0 unspecified atom stereocenters. The summed E-state index contributed by atoms with van der Waals surface area (Å²) in [5, 5.41) is 15.9. The van der Waals surface area contributed by atoms with Crippen molar-refractivity contribution in [1.29, 1.82) is 0 Å². The van der Waals surface area contributed by atoms with Crippen LogP contribution in [0, 0.1) is 6.92 Å². The van der Waals surface area contributed by atoms with Crippen molar-refractivity contribution in [3.05, 3.63) is 11.8 Å². The number of aliphatic hydroxyl groups is 1. The monoisotopic (exact) mass is 240 g/mol. The third kappa shape index (κ3) is 4.54. The van der Waals surface area contributed by atoms with Crippen LogP contribution in [0.3, 0.4) is 0 Å². The summed E-state index contributed by atoms with van der Waals surface area (Å²) in [4.78, 5) is 13.6. The molecule has 0 saturated heterocycles. The highest BCUT2D eigenvalue weighted by Gasteiger charge is 2.09. The average molecular weight is 240 g/mol. The van der Waals surface area contributed by atoms with Gasteiger partial charge in [0.1, 0.15) is 5.82 Å². The number of hydrogen-bond acceptors (Lipinski definition) is 4. The van der Waals surface area contributed by atoms with Crippen molar-refractivity contribution in [2.24, 2.45) is 0 Å². The molecule has 0 atom stereocenters. The Balaban J connectivity index is 2.57. The summed E-state index contributed by atoms with van der Waals surface area (Å²) in [6, 6.07) is 1.79. The summed E-state index contributed by atoms with van der Waals surface area (Å²) < 4.78 is 1.60. The lowest BCUT2D eigenvalue weighted by Gasteiger charge is -2.10. The van der Waals surface area contributed by atoms with Crippen molar-refractivity contribution in [1.82, 2.24) is 14.7 Å². The number of hydrogen-bond donors (Lipinski definition) is 2. The molecule has 0 spiro atoms. The molecule has 1 heterocycles. The van der Waals surface area contributed by atoms with E-state index in [2.05, 4.69) is 10.4 Å². The third-order valence-electron chi connectivity index (χ3n) is 2.27. The van der Waals surface area contributed by atoms with E-state index in [0.29, 0.717) is 25.3 Å². The first-order valence-electron chi connectivity index (χ1n) is 5.63. The van der Waals surface area contributed by atoms with Crippen LogP contribution in [0.25, 0.3) is 0 Å². The fourth-order valence-corrected chi connectivity index (χ4v) is 1.44. The number of amides is 1. The minimum Gasteiger partial charge on any atom is -0.394 e. The van der Waals surface area contributed by atoms with Crippen LogP contribution in [0.1, 0.15) is 12.1 Å². The van der Waals surface area contributed by atoms with Crippen LogP contribution < -0.4 is 5.32 Å². The van der Waals surface area contributed by atoms with Gasteiger partial charge in [-0.15, -0.1) is 0 Å². The quantitative estimate of drug-likeness (QED) is 0.738. The highest BCUT2D eigenvalue weighted by Crippen LogP contribution is 2.10. The SMILES string of the molecule is Cc1cc(NC(=O)CCN(C)C)n(CCO)n1. The van der Waals surface area contributed by atoms with Gasteiger partial charge in [-0.2, -0.15) is 5.10 Å². The van der Waals surface area contributed by atoms with Crippen molar-refractivity contribution in [3.63, 3.8) is 0 Å². The Morgan fingerprint density at radius 3 is 2.88 bits per heavy atom. The zero-order valence-electron chi connectivity index (χ0n) is 10.6. The Morgan fingerprint density at radius 2 is 2.29 bits per heavy atom. The van der Waals surface area contributed by atoms with Crippen molar-refractivity contribution in [2.45, 2.75) is 19.9 Å². The second kappa shape index (κ2) is 6.36. The molecule has 6 heteroatoms. The molecule has 17 heavy (non-hydrogen) atoms. The van der Waals surface area contributed by atoms with Gasteiger partial charge in [0, 0.05) is 19.0 Å². The predicted octanol–water partition coefficient (Wildman–Crippen LogP) is 0.0740.